The maximum Gasteiger partial charge on any atom is 0.290 e. The number of halogens is 1. The van der Waals surface area contributed by atoms with E-state index in [-0.39, 0.29) is 47.7 Å². The van der Waals surface area contributed by atoms with Gasteiger partial charge in [-0.1, -0.05) is 50.3 Å². The zero-order valence-corrected chi connectivity index (χ0v) is 19.0. The number of hydrogen-bond acceptors (Lipinski definition) is 4. The Bertz CT molecular complexity index is 874. The highest BCUT2D eigenvalue weighted by Gasteiger charge is 2.40. The minimum absolute atomic E-state index is 0. The molecule has 2 atom stereocenters. The molecule has 1 saturated carbocycles. The summed E-state index contributed by atoms with van der Waals surface area (Å²) in [7, 11) is 0. The zero-order chi connectivity index (χ0) is 20.8. The summed E-state index contributed by atoms with van der Waals surface area (Å²) in [5.74, 6) is 0.347. The van der Waals surface area contributed by atoms with E-state index in [1.54, 1.807) is 29.1 Å². The highest BCUT2D eigenvalue weighted by molar-refractivity contribution is 5.93. The molecule has 3 N–H and O–H groups in total. The number of pyridine rings is 1. The molecule has 1 aliphatic carbocycles. The first-order chi connectivity index (χ1) is 14.7. The molecule has 166 valence electrons. The first kappa shape index (κ1) is 23.4. The number of epoxide rings is 1. The van der Waals surface area contributed by atoms with Gasteiger partial charge in [-0.2, -0.15) is 4.57 Å². The Balaban J connectivity index is 0.00000272. The molecule has 1 aromatic carbocycles. The number of anilines is 1. The van der Waals surface area contributed by atoms with E-state index in [2.05, 4.69) is 16.2 Å². The minimum Gasteiger partial charge on any atom is -1.00 e. The number of rotatable bonds is 8. The summed E-state index contributed by atoms with van der Waals surface area (Å²) in [5, 5.41) is 2.84. The molecule has 0 spiro atoms. The van der Waals surface area contributed by atoms with Gasteiger partial charge in [0.25, 0.3) is 11.8 Å². The van der Waals surface area contributed by atoms with Gasteiger partial charge in [-0.15, -0.1) is 0 Å². The molecular weight excluding hydrogens is 460 g/mol. The predicted octanol–water partition coefficient (Wildman–Crippen LogP) is -0.453. The lowest BCUT2D eigenvalue weighted by Crippen LogP contribution is -3.00. The van der Waals surface area contributed by atoms with Crippen molar-refractivity contribution in [2.24, 2.45) is 5.92 Å². The molecule has 2 amide bonds. The Morgan fingerprint density at radius 1 is 1.03 bits per heavy atom. The Morgan fingerprint density at radius 2 is 1.81 bits per heavy atom. The SMILES string of the molecule is O=C(C[n+]1cccc(C(=O)NNC2OC2CC2CCCCC2)c1)Nc1ccccc1.[Br-]. The van der Waals surface area contributed by atoms with Gasteiger partial charge < -0.3 is 27.0 Å². The van der Waals surface area contributed by atoms with Crippen molar-refractivity contribution in [1.29, 1.82) is 0 Å². The Morgan fingerprint density at radius 3 is 2.58 bits per heavy atom. The number of aromatic nitrogens is 1. The molecule has 4 rings (SSSR count). The number of benzene rings is 1. The predicted molar refractivity (Wildman–Crippen MR) is 112 cm³/mol. The van der Waals surface area contributed by atoms with Crippen LogP contribution in [0.1, 0.15) is 48.9 Å². The second-order valence-corrected chi connectivity index (χ2v) is 8.11. The molecule has 7 nitrogen and oxygen atoms in total. The van der Waals surface area contributed by atoms with Crippen molar-refractivity contribution in [3.05, 3.63) is 60.4 Å². The summed E-state index contributed by atoms with van der Waals surface area (Å²) in [6.45, 7) is 0.124. The second kappa shape index (κ2) is 11.4. The fourth-order valence-corrected chi connectivity index (χ4v) is 4.05. The van der Waals surface area contributed by atoms with E-state index < -0.39 is 0 Å². The largest absolute Gasteiger partial charge is 1.00 e. The Labute approximate surface area is 193 Å². The first-order valence-corrected chi connectivity index (χ1v) is 10.7. The summed E-state index contributed by atoms with van der Waals surface area (Å²) in [4.78, 5) is 24.7. The average Bonchev–Trinajstić information content (AvgIpc) is 3.51. The van der Waals surface area contributed by atoms with Crippen molar-refractivity contribution in [1.82, 2.24) is 10.9 Å². The van der Waals surface area contributed by atoms with Crippen molar-refractivity contribution < 1.29 is 35.9 Å². The molecule has 0 bridgehead atoms. The van der Waals surface area contributed by atoms with E-state index >= 15 is 0 Å². The van der Waals surface area contributed by atoms with Gasteiger partial charge in [0.2, 0.25) is 6.54 Å². The van der Waals surface area contributed by atoms with Crippen LogP contribution in [0, 0.1) is 5.92 Å². The van der Waals surface area contributed by atoms with Gasteiger partial charge in [0.15, 0.2) is 18.6 Å². The van der Waals surface area contributed by atoms with Crippen molar-refractivity contribution in [2.45, 2.75) is 57.4 Å². The summed E-state index contributed by atoms with van der Waals surface area (Å²) in [6.07, 6.45) is 11.2. The standard InChI is InChI=1S/C23H28N4O3.BrH/c28-21(24-19-11-5-2-6-12-19)16-27-13-7-10-18(15-27)22(29)25-26-23-20(30-23)14-17-8-3-1-4-9-17;/h2,5-7,10-13,15,17,20,23,26H,1,3-4,8-9,14,16H2,(H-,24,25,28,29);1H. The number of nitrogens with zero attached hydrogens (tertiary/aromatic N) is 1. The third kappa shape index (κ3) is 7.12. The highest BCUT2D eigenvalue weighted by Crippen LogP contribution is 2.33. The van der Waals surface area contributed by atoms with Gasteiger partial charge in [-0.3, -0.25) is 15.0 Å². The van der Waals surface area contributed by atoms with Crippen molar-refractivity contribution >= 4 is 17.5 Å². The third-order valence-electron chi connectivity index (χ3n) is 5.70. The molecule has 1 aromatic heterocycles. The monoisotopic (exact) mass is 488 g/mol. The Kier molecular flexibility index (Phi) is 8.57. The molecule has 2 heterocycles. The quantitative estimate of drug-likeness (QED) is 0.266. The molecule has 2 unspecified atom stereocenters. The smallest absolute Gasteiger partial charge is 0.290 e. The lowest BCUT2D eigenvalue weighted by molar-refractivity contribution is -0.684. The number of amides is 2. The lowest BCUT2D eigenvalue weighted by Gasteiger charge is -2.20. The number of para-hydroxylation sites is 1. The molecule has 31 heavy (non-hydrogen) atoms. The molecule has 1 aliphatic heterocycles. The number of hydrazine groups is 1. The van der Waals surface area contributed by atoms with Crippen LogP contribution >= 0.6 is 0 Å². The number of hydrogen-bond donors (Lipinski definition) is 3. The van der Waals surface area contributed by atoms with Crippen molar-refractivity contribution in [2.75, 3.05) is 5.32 Å². The molecule has 2 fully saturated rings. The summed E-state index contributed by atoms with van der Waals surface area (Å²) < 4.78 is 7.34. The molecule has 2 aliphatic rings. The molecule has 1 saturated heterocycles. The lowest BCUT2D eigenvalue weighted by atomic mass is 9.86. The number of ether oxygens (including phenoxy) is 1. The van der Waals surface area contributed by atoms with Crippen LogP contribution in [0.15, 0.2) is 54.9 Å². The van der Waals surface area contributed by atoms with Crippen LogP contribution in [0.3, 0.4) is 0 Å². The fraction of sp³-hybridized carbons (Fsp3) is 0.435. The van der Waals surface area contributed by atoms with Gasteiger partial charge in [0.1, 0.15) is 11.7 Å². The minimum atomic E-state index is -0.250. The maximum atomic E-state index is 12.5. The van der Waals surface area contributed by atoms with Crippen LogP contribution in [0.2, 0.25) is 0 Å². The number of carbonyl (C=O) groups excluding carboxylic acids is 2. The summed E-state index contributed by atoms with van der Waals surface area (Å²) in [5.41, 5.74) is 6.92. The van der Waals surface area contributed by atoms with E-state index in [1.807, 2.05) is 30.3 Å². The number of carbonyl (C=O) groups is 2. The van der Waals surface area contributed by atoms with Gasteiger partial charge in [0, 0.05) is 11.8 Å². The molecule has 0 radical (unpaired) electrons. The van der Waals surface area contributed by atoms with Crippen LogP contribution in [0.5, 0.6) is 0 Å². The summed E-state index contributed by atoms with van der Waals surface area (Å²) in [6, 6.07) is 12.8. The molecule has 2 aromatic rings. The van der Waals surface area contributed by atoms with Crippen LogP contribution < -0.4 is 37.7 Å². The van der Waals surface area contributed by atoms with Crippen LogP contribution in [0.4, 0.5) is 5.69 Å². The van der Waals surface area contributed by atoms with Crippen molar-refractivity contribution in [3.8, 4) is 0 Å². The maximum absolute atomic E-state index is 12.5. The topological polar surface area (TPSA) is 86.6 Å². The van der Waals surface area contributed by atoms with E-state index in [4.69, 9.17) is 4.74 Å². The normalized spacial score (nSPS) is 20.4. The zero-order valence-electron chi connectivity index (χ0n) is 17.4. The first-order valence-electron chi connectivity index (χ1n) is 10.7. The van der Waals surface area contributed by atoms with E-state index in [9.17, 15) is 9.59 Å². The van der Waals surface area contributed by atoms with Gasteiger partial charge in [0.05, 0.1) is 0 Å². The highest BCUT2D eigenvalue weighted by atomic mass is 79.9. The van der Waals surface area contributed by atoms with Gasteiger partial charge in [-0.05, 0) is 30.5 Å². The fourth-order valence-electron chi connectivity index (χ4n) is 4.05. The third-order valence-corrected chi connectivity index (χ3v) is 5.70. The van der Waals surface area contributed by atoms with E-state index in [1.165, 1.54) is 32.1 Å². The van der Waals surface area contributed by atoms with Gasteiger partial charge >= 0.3 is 0 Å². The average molecular weight is 489 g/mol. The van der Waals surface area contributed by atoms with Crippen LogP contribution in [0.25, 0.3) is 0 Å². The molecular formula is C23H29BrN4O3. The van der Waals surface area contributed by atoms with Crippen molar-refractivity contribution in [3.63, 3.8) is 0 Å². The summed E-state index contributed by atoms with van der Waals surface area (Å²) >= 11 is 0. The number of nitrogens with one attached hydrogen (secondary N) is 3. The molecule has 8 heteroatoms. The van der Waals surface area contributed by atoms with Crippen LogP contribution in [-0.4, -0.2) is 24.1 Å². The van der Waals surface area contributed by atoms with Gasteiger partial charge in [-0.25, -0.2) is 5.43 Å². The Hall–Kier alpha value is -2.29. The van der Waals surface area contributed by atoms with Crippen LogP contribution in [-0.2, 0) is 16.1 Å². The van der Waals surface area contributed by atoms with E-state index in [0.717, 1.165) is 18.0 Å². The second-order valence-electron chi connectivity index (χ2n) is 8.11. The van der Waals surface area contributed by atoms with E-state index in [0.29, 0.717) is 5.56 Å².